The van der Waals surface area contributed by atoms with Gasteiger partial charge in [-0.3, -0.25) is 4.79 Å². The smallest absolute Gasteiger partial charge is 0.230 e. The summed E-state index contributed by atoms with van der Waals surface area (Å²) in [6.45, 7) is 7.76. The predicted octanol–water partition coefficient (Wildman–Crippen LogP) is 4.44. The van der Waals surface area contributed by atoms with Gasteiger partial charge in [0.1, 0.15) is 0 Å². The highest BCUT2D eigenvalue weighted by Crippen LogP contribution is 2.31. The summed E-state index contributed by atoms with van der Waals surface area (Å²) in [5, 5.41) is 14.7. The molecule has 0 fully saturated rings. The fourth-order valence-electron chi connectivity index (χ4n) is 2.73. The number of carbonyl (C=O) groups excluding carboxylic acids is 1. The first-order valence-electron chi connectivity index (χ1n) is 9.01. The molecule has 0 aliphatic carbocycles. The number of nitrogens with zero attached hydrogens (tertiary/aromatic N) is 3. The lowest BCUT2D eigenvalue weighted by Crippen LogP contribution is -2.24. The Bertz CT molecular complexity index is 902. The van der Waals surface area contributed by atoms with Crippen LogP contribution >= 0.6 is 23.1 Å². The van der Waals surface area contributed by atoms with Crippen molar-refractivity contribution in [2.75, 3.05) is 5.75 Å². The Kier molecular flexibility index (Phi) is 6.68. The van der Waals surface area contributed by atoms with E-state index in [0.717, 1.165) is 35.1 Å². The number of hydrogen-bond acceptors (Lipinski definition) is 5. The number of rotatable bonds is 8. The van der Waals surface area contributed by atoms with Crippen molar-refractivity contribution < 1.29 is 4.79 Å². The van der Waals surface area contributed by atoms with Crippen molar-refractivity contribution in [3.05, 3.63) is 51.7 Å². The van der Waals surface area contributed by atoms with Gasteiger partial charge in [0.2, 0.25) is 5.91 Å². The Balaban J connectivity index is 1.66. The lowest BCUT2D eigenvalue weighted by molar-refractivity contribution is -0.118. The van der Waals surface area contributed by atoms with Crippen LogP contribution in [0.1, 0.15) is 29.3 Å². The highest BCUT2D eigenvalue weighted by Gasteiger charge is 2.18. The van der Waals surface area contributed by atoms with E-state index in [-0.39, 0.29) is 5.91 Å². The molecule has 0 bridgehead atoms. The Morgan fingerprint density at radius 2 is 2.00 bits per heavy atom. The van der Waals surface area contributed by atoms with Crippen LogP contribution in [0, 0.1) is 13.8 Å². The Morgan fingerprint density at radius 3 is 2.67 bits per heavy atom. The standard InChI is InChI=1S/C20H24N4OS2/c1-4-10-24-19(17-12-26-15(3)14(17)2)22-23-20(24)27-13-18(25)21-11-16-8-6-5-7-9-16/h5-9,12H,4,10-11,13H2,1-3H3,(H,21,25). The van der Waals surface area contributed by atoms with E-state index in [1.807, 2.05) is 30.3 Å². The topological polar surface area (TPSA) is 59.8 Å². The highest BCUT2D eigenvalue weighted by atomic mass is 32.2. The molecule has 0 aliphatic heterocycles. The molecule has 0 radical (unpaired) electrons. The van der Waals surface area contributed by atoms with Gasteiger partial charge in [-0.15, -0.1) is 21.5 Å². The van der Waals surface area contributed by atoms with E-state index in [1.165, 1.54) is 22.2 Å². The molecule has 3 aromatic rings. The molecule has 27 heavy (non-hydrogen) atoms. The fourth-order valence-corrected chi connectivity index (χ4v) is 4.39. The lowest BCUT2D eigenvalue weighted by Gasteiger charge is -2.09. The van der Waals surface area contributed by atoms with Crippen LogP contribution < -0.4 is 5.32 Å². The van der Waals surface area contributed by atoms with Crippen LogP contribution in [0.5, 0.6) is 0 Å². The van der Waals surface area contributed by atoms with Crippen molar-refractivity contribution in [2.24, 2.45) is 0 Å². The molecule has 0 spiro atoms. The first-order chi connectivity index (χ1) is 13.1. The van der Waals surface area contributed by atoms with Crippen LogP contribution in [-0.2, 0) is 17.9 Å². The van der Waals surface area contributed by atoms with Gasteiger partial charge in [-0.25, -0.2) is 0 Å². The van der Waals surface area contributed by atoms with Crippen LogP contribution in [0.4, 0.5) is 0 Å². The molecule has 0 unspecified atom stereocenters. The van der Waals surface area contributed by atoms with Gasteiger partial charge in [-0.1, -0.05) is 49.0 Å². The van der Waals surface area contributed by atoms with E-state index < -0.39 is 0 Å². The molecule has 1 N–H and O–H groups in total. The number of nitrogens with one attached hydrogen (secondary N) is 1. The van der Waals surface area contributed by atoms with Gasteiger partial charge in [0.25, 0.3) is 0 Å². The summed E-state index contributed by atoms with van der Waals surface area (Å²) < 4.78 is 2.13. The van der Waals surface area contributed by atoms with Crippen molar-refractivity contribution >= 4 is 29.0 Å². The minimum Gasteiger partial charge on any atom is -0.351 e. The Hall–Kier alpha value is -2.12. The second-order valence-electron chi connectivity index (χ2n) is 6.34. The van der Waals surface area contributed by atoms with Crippen molar-refractivity contribution in [2.45, 2.75) is 45.4 Å². The van der Waals surface area contributed by atoms with Crippen LogP contribution in [-0.4, -0.2) is 26.4 Å². The summed E-state index contributed by atoms with van der Waals surface area (Å²) in [5.74, 6) is 1.22. The zero-order valence-corrected chi connectivity index (χ0v) is 17.5. The molecule has 0 aliphatic rings. The minimum atomic E-state index is -0.000917. The molecule has 0 saturated carbocycles. The van der Waals surface area contributed by atoms with Gasteiger partial charge >= 0.3 is 0 Å². The highest BCUT2D eigenvalue weighted by molar-refractivity contribution is 7.99. The SMILES string of the molecule is CCCn1c(SCC(=O)NCc2ccccc2)nnc1-c1csc(C)c1C. The minimum absolute atomic E-state index is 0.000917. The van der Waals surface area contributed by atoms with Crippen molar-refractivity contribution in [3.8, 4) is 11.4 Å². The van der Waals surface area contributed by atoms with Gasteiger partial charge in [0.15, 0.2) is 11.0 Å². The number of thioether (sulfide) groups is 1. The number of amides is 1. The van der Waals surface area contributed by atoms with E-state index in [1.54, 1.807) is 11.3 Å². The molecule has 5 nitrogen and oxygen atoms in total. The van der Waals surface area contributed by atoms with Gasteiger partial charge < -0.3 is 9.88 Å². The second-order valence-corrected chi connectivity index (χ2v) is 8.37. The molecule has 1 aromatic carbocycles. The zero-order valence-electron chi connectivity index (χ0n) is 15.9. The van der Waals surface area contributed by atoms with E-state index >= 15 is 0 Å². The number of carbonyl (C=O) groups is 1. The van der Waals surface area contributed by atoms with Gasteiger partial charge in [-0.05, 0) is 31.4 Å². The molecule has 0 saturated heterocycles. The number of aryl methyl sites for hydroxylation is 1. The normalized spacial score (nSPS) is 10.9. The van der Waals surface area contributed by atoms with Crippen LogP contribution in [0.25, 0.3) is 11.4 Å². The molecule has 2 heterocycles. The van der Waals surface area contributed by atoms with Gasteiger partial charge in [-0.2, -0.15) is 0 Å². The average molecular weight is 401 g/mol. The van der Waals surface area contributed by atoms with Crippen molar-refractivity contribution in [3.63, 3.8) is 0 Å². The maximum Gasteiger partial charge on any atom is 0.230 e. The molecular formula is C20H24N4OS2. The van der Waals surface area contributed by atoms with Crippen molar-refractivity contribution in [1.29, 1.82) is 0 Å². The van der Waals surface area contributed by atoms with E-state index in [4.69, 9.17) is 0 Å². The number of benzene rings is 1. The Labute approximate surface area is 168 Å². The summed E-state index contributed by atoms with van der Waals surface area (Å²) >= 11 is 3.17. The third-order valence-electron chi connectivity index (χ3n) is 4.36. The first kappa shape index (κ1) is 19.6. The zero-order chi connectivity index (χ0) is 19.2. The summed E-state index contributed by atoms with van der Waals surface area (Å²) in [4.78, 5) is 13.5. The molecular weight excluding hydrogens is 376 g/mol. The third kappa shape index (κ3) is 4.78. The monoisotopic (exact) mass is 400 g/mol. The summed E-state index contributed by atoms with van der Waals surface area (Å²) in [6, 6.07) is 9.92. The summed E-state index contributed by atoms with van der Waals surface area (Å²) in [7, 11) is 0. The van der Waals surface area contributed by atoms with Crippen LogP contribution in [0.2, 0.25) is 0 Å². The van der Waals surface area contributed by atoms with Crippen LogP contribution in [0.3, 0.4) is 0 Å². The van der Waals surface area contributed by atoms with Gasteiger partial charge in [0, 0.05) is 28.9 Å². The average Bonchev–Trinajstić information content (AvgIpc) is 3.23. The number of hydrogen-bond donors (Lipinski definition) is 1. The molecule has 142 valence electrons. The molecule has 1 amide bonds. The second kappa shape index (κ2) is 9.19. The fraction of sp³-hybridized carbons (Fsp3) is 0.350. The predicted molar refractivity (Wildman–Crippen MR) is 112 cm³/mol. The number of thiophene rings is 1. The van der Waals surface area contributed by atoms with E-state index in [0.29, 0.717) is 12.3 Å². The van der Waals surface area contributed by atoms with Gasteiger partial charge in [0.05, 0.1) is 5.75 Å². The number of aromatic nitrogens is 3. The quantitative estimate of drug-likeness (QED) is 0.568. The molecule has 3 rings (SSSR count). The molecule has 7 heteroatoms. The molecule has 2 aromatic heterocycles. The first-order valence-corrected chi connectivity index (χ1v) is 10.9. The maximum absolute atomic E-state index is 12.2. The summed E-state index contributed by atoms with van der Waals surface area (Å²) in [6.07, 6.45) is 0.987. The Morgan fingerprint density at radius 1 is 1.22 bits per heavy atom. The van der Waals surface area contributed by atoms with E-state index in [2.05, 4.69) is 46.2 Å². The largest absolute Gasteiger partial charge is 0.351 e. The maximum atomic E-state index is 12.2. The van der Waals surface area contributed by atoms with Crippen molar-refractivity contribution in [1.82, 2.24) is 20.1 Å². The third-order valence-corrected chi connectivity index (χ3v) is 6.34. The molecule has 0 atom stereocenters. The lowest BCUT2D eigenvalue weighted by atomic mass is 10.1. The summed E-state index contributed by atoms with van der Waals surface area (Å²) in [5.41, 5.74) is 3.48. The van der Waals surface area contributed by atoms with Crippen LogP contribution in [0.15, 0.2) is 40.9 Å². The van der Waals surface area contributed by atoms with E-state index in [9.17, 15) is 4.79 Å².